The van der Waals surface area contributed by atoms with Gasteiger partial charge in [-0.3, -0.25) is 0 Å². The van der Waals surface area contributed by atoms with E-state index in [0.29, 0.717) is 11.6 Å². The van der Waals surface area contributed by atoms with Crippen molar-refractivity contribution in [2.45, 2.75) is 32.5 Å². The summed E-state index contributed by atoms with van der Waals surface area (Å²) in [5.41, 5.74) is 1.71. The molecule has 0 aliphatic carbocycles. The van der Waals surface area contributed by atoms with Crippen molar-refractivity contribution < 1.29 is 14.6 Å². The summed E-state index contributed by atoms with van der Waals surface area (Å²) in [5, 5.41) is 9.00. The van der Waals surface area contributed by atoms with Crippen molar-refractivity contribution in [1.29, 1.82) is 0 Å². The van der Waals surface area contributed by atoms with Crippen molar-refractivity contribution in [2.75, 3.05) is 0 Å². The maximum atomic E-state index is 9.00. The number of aliphatic hydroxyl groups is 1. The average Bonchev–Trinajstić information content (AvgIpc) is 2.75. The number of hydrogen-bond acceptors (Lipinski definition) is 4. The molecule has 0 atom stereocenters. The molecule has 2 aromatic rings. The van der Waals surface area contributed by atoms with E-state index in [-0.39, 0.29) is 12.2 Å². The lowest BCUT2D eigenvalue weighted by molar-refractivity contribution is 0.135. The lowest BCUT2D eigenvalue weighted by atomic mass is 10.0. The van der Waals surface area contributed by atoms with Crippen LogP contribution < -0.4 is 9.47 Å². The van der Waals surface area contributed by atoms with E-state index in [9.17, 15) is 0 Å². The van der Waals surface area contributed by atoms with Crippen LogP contribution in [0.4, 0.5) is 0 Å². The second-order valence-electron chi connectivity index (χ2n) is 5.55. The molecule has 0 spiro atoms. The maximum Gasteiger partial charge on any atom is 0.219 e. The van der Waals surface area contributed by atoms with Crippen LogP contribution in [-0.4, -0.2) is 15.7 Å². The molecule has 20 heavy (non-hydrogen) atoms. The predicted molar refractivity (Wildman–Crippen MR) is 75.1 cm³/mol. The molecule has 104 valence electrons. The topological polar surface area (TPSA) is 51.6 Å². The first kappa shape index (κ1) is 12.9. The first-order chi connectivity index (χ1) is 9.57. The van der Waals surface area contributed by atoms with Crippen LogP contribution in [0.25, 0.3) is 0 Å². The highest BCUT2D eigenvalue weighted by Gasteiger charge is 2.32. The molecule has 2 heterocycles. The quantitative estimate of drug-likeness (QED) is 0.932. The van der Waals surface area contributed by atoms with Crippen molar-refractivity contribution in [3.63, 3.8) is 0 Å². The lowest BCUT2D eigenvalue weighted by Crippen LogP contribution is -2.24. The lowest BCUT2D eigenvalue weighted by Gasteiger charge is -2.18. The molecule has 1 aromatic heterocycles. The van der Waals surface area contributed by atoms with Gasteiger partial charge in [0.1, 0.15) is 5.60 Å². The second-order valence-corrected chi connectivity index (χ2v) is 5.55. The van der Waals surface area contributed by atoms with E-state index < -0.39 is 0 Å². The van der Waals surface area contributed by atoms with Crippen LogP contribution in [0.5, 0.6) is 17.4 Å². The zero-order valence-corrected chi connectivity index (χ0v) is 11.6. The Kier molecular flexibility index (Phi) is 3.10. The Morgan fingerprint density at radius 2 is 2.15 bits per heavy atom. The maximum absolute atomic E-state index is 9.00. The monoisotopic (exact) mass is 271 g/mol. The third-order valence-electron chi connectivity index (χ3n) is 3.25. The number of benzene rings is 1. The predicted octanol–water partition coefficient (Wildman–Crippen LogP) is 3.08. The van der Waals surface area contributed by atoms with Crippen molar-refractivity contribution >= 4 is 0 Å². The van der Waals surface area contributed by atoms with Gasteiger partial charge in [-0.05, 0) is 31.5 Å². The van der Waals surface area contributed by atoms with Gasteiger partial charge in [0.05, 0.1) is 6.61 Å². The molecule has 0 saturated heterocycles. The molecule has 4 nitrogen and oxygen atoms in total. The zero-order chi connectivity index (χ0) is 14.2. The van der Waals surface area contributed by atoms with Crippen LogP contribution in [0.3, 0.4) is 0 Å². The van der Waals surface area contributed by atoms with Crippen LogP contribution in [0, 0.1) is 0 Å². The molecule has 3 rings (SSSR count). The van der Waals surface area contributed by atoms with Crippen LogP contribution in [-0.2, 0) is 13.0 Å². The Balaban J connectivity index is 1.87. The number of para-hydroxylation sites is 1. The molecule has 4 heteroatoms. The molecule has 0 radical (unpaired) electrons. The summed E-state index contributed by atoms with van der Waals surface area (Å²) in [7, 11) is 0. The molecule has 1 aliphatic heterocycles. The van der Waals surface area contributed by atoms with Gasteiger partial charge in [0.2, 0.25) is 5.88 Å². The highest BCUT2D eigenvalue weighted by atomic mass is 16.5. The van der Waals surface area contributed by atoms with E-state index in [1.807, 2.05) is 12.1 Å². The highest BCUT2D eigenvalue weighted by molar-refractivity contribution is 5.51. The highest BCUT2D eigenvalue weighted by Crippen LogP contribution is 2.42. The fraction of sp³-hybridized carbons (Fsp3) is 0.312. The summed E-state index contributed by atoms with van der Waals surface area (Å²) in [6.07, 6.45) is 2.47. The molecule has 1 aliphatic rings. The Morgan fingerprint density at radius 3 is 2.85 bits per heavy atom. The summed E-state index contributed by atoms with van der Waals surface area (Å²) in [6, 6.07) is 9.42. The molecule has 0 amide bonds. The fourth-order valence-electron chi connectivity index (χ4n) is 2.35. The molecule has 1 aromatic carbocycles. The van der Waals surface area contributed by atoms with Gasteiger partial charge < -0.3 is 14.6 Å². The summed E-state index contributed by atoms with van der Waals surface area (Å²) >= 11 is 0. The van der Waals surface area contributed by atoms with Crippen LogP contribution in [0.2, 0.25) is 0 Å². The minimum atomic E-state index is -0.198. The minimum absolute atomic E-state index is 0.0225. The molecular weight excluding hydrogens is 254 g/mol. The Bertz CT molecular complexity index is 620. The standard InChI is InChI=1S/C16H17NO3/c1-16(2)8-12-4-3-5-13(15(12)20-16)19-14-7-6-11(10-18)9-17-14/h3-7,9,18H,8,10H2,1-2H3. The van der Waals surface area contributed by atoms with Crippen molar-refractivity contribution in [1.82, 2.24) is 4.98 Å². The SMILES string of the molecule is CC1(C)Cc2cccc(Oc3ccc(CO)cn3)c2O1. The van der Waals surface area contributed by atoms with E-state index in [2.05, 4.69) is 24.9 Å². The Labute approximate surface area is 118 Å². The number of pyridine rings is 1. The van der Waals surface area contributed by atoms with Crippen LogP contribution >= 0.6 is 0 Å². The molecule has 0 unspecified atom stereocenters. The largest absolute Gasteiger partial charge is 0.483 e. The van der Waals surface area contributed by atoms with E-state index in [1.165, 1.54) is 0 Å². The number of aromatic nitrogens is 1. The first-order valence-electron chi connectivity index (χ1n) is 6.62. The van der Waals surface area contributed by atoms with Crippen molar-refractivity contribution in [3.8, 4) is 17.4 Å². The van der Waals surface area contributed by atoms with E-state index in [4.69, 9.17) is 14.6 Å². The Hall–Kier alpha value is -2.07. The molecule has 0 bridgehead atoms. The number of ether oxygens (including phenoxy) is 2. The second kappa shape index (κ2) is 4.80. The van der Waals surface area contributed by atoms with Crippen molar-refractivity contribution in [3.05, 3.63) is 47.7 Å². The number of hydrogen-bond donors (Lipinski definition) is 1. The number of nitrogens with zero attached hydrogens (tertiary/aromatic N) is 1. The molecule has 1 N–H and O–H groups in total. The number of fused-ring (bicyclic) bond motifs is 1. The molecule has 0 saturated carbocycles. The minimum Gasteiger partial charge on any atom is -0.483 e. The van der Waals surface area contributed by atoms with E-state index >= 15 is 0 Å². The number of aliphatic hydroxyl groups excluding tert-OH is 1. The van der Waals surface area contributed by atoms with Gasteiger partial charge in [-0.15, -0.1) is 0 Å². The van der Waals surface area contributed by atoms with Gasteiger partial charge >= 0.3 is 0 Å². The van der Waals surface area contributed by atoms with Gasteiger partial charge in [-0.2, -0.15) is 0 Å². The van der Waals surface area contributed by atoms with E-state index in [1.54, 1.807) is 18.3 Å². The van der Waals surface area contributed by atoms with Crippen LogP contribution in [0.15, 0.2) is 36.5 Å². The third-order valence-corrected chi connectivity index (χ3v) is 3.25. The normalized spacial score (nSPS) is 15.6. The van der Waals surface area contributed by atoms with Crippen molar-refractivity contribution in [2.24, 2.45) is 0 Å². The molecular formula is C16H17NO3. The number of rotatable bonds is 3. The smallest absolute Gasteiger partial charge is 0.219 e. The fourth-order valence-corrected chi connectivity index (χ4v) is 2.35. The summed E-state index contributed by atoms with van der Waals surface area (Å²) in [4.78, 5) is 4.17. The van der Waals surface area contributed by atoms with Gasteiger partial charge in [0, 0.05) is 24.2 Å². The molecule has 0 fully saturated rings. The van der Waals surface area contributed by atoms with Gasteiger partial charge in [0.25, 0.3) is 0 Å². The van der Waals surface area contributed by atoms with E-state index in [0.717, 1.165) is 23.3 Å². The van der Waals surface area contributed by atoms with Gasteiger partial charge in [-0.1, -0.05) is 12.1 Å². The third kappa shape index (κ3) is 2.47. The van der Waals surface area contributed by atoms with Gasteiger partial charge in [0.15, 0.2) is 11.5 Å². The Morgan fingerprint density at radius 1 is 1.30 bits per heavy atom. The summed E-state index contributed by atoms with van der Waals surface area (Å²) in [5.74, 6) is 1.96. The van der Waals surface area contributed by atoms with Gasteiger partial charge in [-0.25, -0.2) is 4.98 Å². The first-order valence-corrected chi connectivity index (χ1v) is 6.62. The van der Waals surface area contributed by atoms with Crippen LogP contribution in [0.1, 0.15) is 25.0 Å². The average molecular weight is 271 g/mol. The zero-order valence-electron chi connectivity index (χ0n) is 11.6. The summed E-state index contributed by atoms with van der Waals surface area (Å²) < 4.78 is 11.7. The summed E-state index contributed by atoms with van der Waals surface area (Å²) in [6.45, 7) is 4.10.